The molecule has 0 nitrogen and oxygen atoms in total. The number of hydrogen-bond acceptors (Lipinski definition) is 1. The Morgan fingerprint density at radius 2 is 2.00 bits per heavy atom. The molecule has 0 saturated heterocycles. The molecule has 0 spiro atoms. The first-order valence-electron chi connectivity index (χ1n) is 4.96. The summed E-state index contributed by atoms with van der Waals surface area (Å²) >= 11 is 16.0. The largest absolute Gasteiger partial charge is 0.179 e. The van der Waals surface area contributed by atoms with Crippen LogP contribution < -0.4 is 0 Å². The summed E-state index contributed by atoms with van der Waals surface area (Å²) in [7, 11) is 0. The van der Waals surface area contributed by atoms with Crippen LogP contribution in [0, 0.1) is 0 Å². The second-order valence-corrected chi connectivity index (χ2v) is 4.58. The molecule has 82 valence electrons. The molecule has 0 N–H and O–H groups in total. The summed E-state index contributed by atoms with van der Waals surface area (Å²) in [6, 6.07) is 5.54. The van der Waals surface area contributed by atoms with Crippen LogP contribution in [0.25, 0.3) is 6.08 Å². The van der Waals surface area contributed by atoms with Crippen LogP contribution in [-0.2, 0) is 0 Å². The van der Waals surface area contributed by atoms with Crippen LogP contribution in [0.4, 0.5) is 0 Å². The summed E-state index contributed by atoms with van der Waals surface area (Å²) < 4.78 is 0. The summed E-state index contributed by atoms with van der Waals surface area (Å²) in [4.78, 5) is 0. The summed E-state index contributed by atoms with van der Waals surface area (Å²) in [6.45, 7) is 0. The molecule has 0 aliphatic rings. The highest BCUT2D eigenvalue weighted by Gasteiger charge is 1.96. The number of unbranched alkanes of at least 4 members (excludes halogenated alkanes) is 2. The van der Waals surface area contributed by atoms with Crippen LogP contribution in [0.2, 0.25) is 10.0 Å². The molecule has 0 aliphatic carbocycles. The van der Waals surface area contributed by atoms with E-state index < -0.39 is 0 Å². The van der Waals surface area contributed by atoms with E-state index in [1.807, 2.05) is 18.2 Å². The van der Waals surface area contributed by atoms with Gasteiger partial charge in [-0.2, -0.15) is 12.6 Å². The molecule has 0 heterocycles. The van der Waals surface area contributed by atoms with Crippen molar-refractivity contribution in [3.05, 3.63) is 39.9 Å². The molecule has 3 heteroatoms. The van der Waals surface area contributed by atoms with Crippen LogP contribution in [0.1, 0.15) is 24.8 Å². The van der Waals surface area contributed by atoms with Crippen molar-refractivity contribution in [2.75, 3.05) is 5.75 Å². The Balaban J connectivity index is 2.49. The summed E-state index contributed by atoms with van der Waals surface area (Å²) in [6.07, 6.45) is 7.57. The first-order valence-corrected chi connectivity index (χ1v) is 6.35. The van der Waals surface area contributed by atoms with E-state index in [-0.39, 0.29) is 0 Å². The Morgan fingerprint density at radius 3 is 2.67 bits per heavy atom. The van der Waals surface area contributed by atoms with E-state index in [0.29, 0.717) is 10.0 Å². The van der Waals surface area contributed by atoms with Gasteiger partial charge in [0.05, 0.1) is 0 Å². The van der Waals surface area contributed by atoms with Crippen LogP contribution in [0.3, 0.4) is 0 Å². The smallest absolute Gasteiger partial charge is 0.0493 e. The van der Waals surface area contributed by atoms with Crippen molar-refractivity contribution in [1.82, 2.24) is 0 Å². The fraction of sp³-hybridized carbons (Fsp3) is 0.333. The van der Waals surface area contributed by atoms with Crippen LogP contribution in [-0.4, -0.2) is 5.75 Å². The number of thiol groups is 1. The molecule has 0 radical (unpaired) electrons. The first-order chi connectivity index (χ1) is 7.24. The Hall–Kier alpha value is -0.110. The van der Waals surface area contributed by atoms with Gasteiger partial charge in [0.15, 0.2) is 0 Å². The average Bonchev–Trinajstić information content (AvgIpc) is 2.20. The quantitative estimate of drug-likeness (QED) is 0.552. The Labute approximate surface area is 107 Å². The van der Waals surface area contributed by atoms with Gasteiger partial charge < -0.3 is 0 Å². The number of rotatable bonds is 5. The van der Waals surface area contributed by atoms with Gasteiger partial charge in [-0.05, 0) is 42.7 Å². The zero-order valence-corrected chi connectivity index (χ0v) is 10.8. The van der Waals surface area contributed by atoms with Gasteiger partial charge in [0.25, 0.3) is 0 Å². The molecule has 15 heavy (non-hydrogen) atoms. The molecule has 0 aliphatic heterocycles. The minimum Gasteiger partial charge on any atom is -0.179 e. The van der Waals surface area contributed by atoms with E-state index in [0.717, 1.165) is 24.2 Å². The molecular weight excluding hydrogens is 247 g/mol. The van der Waals surface area contributed by atoms with E-state index in [1.165, 1.54) is 6.42 Å². The molecule has 1 rings (SSSR count). The molecule has 0 amide bonds. The Morgan fingerprint density at radius 1 is 1.20 bits per heavy atom. The molecular formula is C12H14Cl2S. The van der Waals surface area contributed by atoms with Crippen LogP contribution >= 0.6 is 35.8 Å². The maximum Gasteiger partial charge on any atom is 0.0493 e. The summed E-state index contributed by atoms with van der Waals surface area (Å²) in [5.41, 5.74) is 1.02. The Bertz CT molecular complexity index is 334. The zero-order chi connectivity index (χ0) is 11.1. The van der Waals surface area contributed by atoms with Crippen molar-refractivity contribution in [1.29, 1.82) is 0 Å². The van der Waals surface area contributed by atoms with Crippen LogP contribution in [0.15, 0.2) is 24.3 Å². The number of hydrogen-bond donors (Lipinski definition) is 1. The molecule has 1 aromatic carbocycles. The fourth-order valence-electron chi connectivity index (χ4n) is 1.22. The number of halogens is 2. The molecule has 1 aromatic rings. The maximum atomic E-state index is 6.02. The fourth-order valence-corrected chi connectivity index (χ4v) is 1.92. The minimum atomic E-state index is 0.673. The molecule has 0 atom stereocenters. The van der Waals surface area contributed by atoms with E-state index >= 15 is 0 Å². The normalized spacial score (nSPS) is 11.1. The molecule has 0 fully saturated rings. The topological polar surface area (TPSA) is 0 Å². The van der Waals surface area contributed by atoms with Gasteiger partial charge in [-0.25, -0.2) is 0 Å². The second-order valence-electron chi connectivity index (χ2n) is 3.29. The van der Waals surface area contributed by atoms with Crippen LogP contribution in [0.5, 0.6) is 0 Å². The second kappa shape index (κ2) is 7.21. The van der Waals surface area contributed by atoms with E-state index in [9.17, 15) is 0 Å². The highest BCUT2D eigenvalue weighted by molar-refractivity contribution is 7.80. The van der Waals surface area contributed by atoms with Crippen molar-refractivity contribution in [3.8, 4) is 0 Å². The average molecular weight is 261 g/mol. The zero-order valence-electron chi connectivity index (χ0n) is 8.42. The SMILES string of the molecule is SCCCC/C=C\c1ccc(Cl)cc1Cl. The van der Waals surface area contributed by atoms with Gasteiger partial charge >= 0.3 is 0 Å². The predicted octanol–water partition coefficient (Wildman–Crippen LogP) is 5.11. The number of benzene rings is 1. The van der Waals surface area contributed by atoms with Gasteiger partial charge in [-0.1, -0.05) is 41.4 Å². The van der Waals surface area contributed by atoms with Crippen molar-refractivity contribution >= 4 is 41.9 Å². The maximum absolute atomic E-state index is 6.02. The molecule has 0 unspecified atom stereocenters. The minimum absolute atomic E-state index is 0.673. The van der Waals surface area contributed by atoms with Gasteiger partial charge in [0, 0.05) is 10.0 Å². The molecule has 0 bridgehead atoms. The van der Waals surface area contributed by atoms with Gasteiger partial charge in [0.1, 0.15) is 0 Å². The highest BCUT2D eigenvalue weighted by Crippen LogP contribution is 2.22. The molecule has 0 saturated carbocycles. The van der Waals surface area contributed by atoms with Crippen molar-refractivity contribution < 1.29 is 0 Å². The third-order valence-corrected chi connectivity index (χ3v) is 2.92. The first kappa shape index (κ1) is 13.0. The van der Waals surface area contributed by atoms with Crippen molar-refractivity contribution in [3.63, 3.8) is 0 Å². The third-order valence-electron chi connectivity index (χ3n) is 2.04. The van der Waals surface area contributed by atoms with Crippen molar-refractivity contribution in [2.24, 2.45) is 0 Å². The highest BCUT2D eigenvalue weighted by atomic mass is 35.5. The summed E-state index contributed by atoms with van der Waals surface area (Å²) in [5, 5.41) is 1.38. The van der Waals surface area contributed by atoms with E-state index in [2.05, 4.69) is 18.7 Å². The van der Waals surface area contributed by atoms with Gasteiger partial charge in [0.2, 0.25) is 0 Å². The van der Waals surface area contributed by atoms with Gasteiger partial charge in [-0.15, -0.1) is 0 Å². The third kappa shape index (κ3) is 4.96. The lowest BCUT2D eigenvalue weighted by Gasteiger charge is -1.98. The molecule has 0 aromatic heterocycles. The lowest BCUT2D eigenvalue weighted by molar-refractivity contribution is 0.826. The van der Waals surface area contributed by atoms with Crippen molar-refractivity contribution in [2.45, 2.75) is 19.3 Å². The summed E-state index contributed by atoms with van der Waals surface area (Å²) in [5.74, 6) is 0.954. The standard InChI is InChI=1S/C12H14Cl2S/c13-11-7-6-10(12(14)9-11)5-3-1-2-4-8-15/h3,5-7,9,15H,1-2,4,8H2/b5-3-. The predicted molar refractivity (Wildman–Crippen MR) is 73.2 cm³/mol. The lowest BCUT2D eigenvalue weighted by Crippen LogP contribution is -1.77. The van der Waals surface area contributed by atoms with E-state index in [1.54, 1.807) is 6.07 Å². The lowest BCUT2D eigenvalue weighted by atomic mass is 10.1. The van der Waals surface area contributed by atoms with Gasteiger partial charge in [-0.3, -0.25) is 0 Å². The number of allylic oxidation sites excluding steroid dienone is 1. The monoisotopic (exact) mass is 260 g/mol. The van der Waals surface area contributed by atoms with E-state index in [4.69, 9.17) is 23.2 Å². The Kier molecular flexibility index (Phi) is 6.23.